The van der Waals surface area contributed by atoms with Crippen LogP contribution in [0.2, 0.25) is 0 Å². The van der Waals surface area contributed by atoms with Gasteiger partial charge < -0.3 is 15.4 Å². The number of anilines is 1. The smallest absolute Gasteiger partial charge is 0.119 e. The third-order valence-electron chi connectivity index (χ3n) is 2.55. The second-order valence-electron chi connectivity index (χ2n) is 3.63. The standard InChI is InChI=1S/C11H16N2O/c1-14-11-4-2-10(3-5-11)13-8-9-6-12-7-9/h2-5,9,12-13H,6-8H2,1H3. The zero-order valence-corrected chi connectivity index (χ0v) is 8.42. The fourth-order valence-electron chi connectivity index (χ4n) is 1.46. The summed E-state index contributed by atoms with van der Waals surface area (Å²) in [5.41, 5.74) is 1.16. The van der Waals surface area contributed by atoms with Crippen molar-refractivity contribution in [3.05, 3.63) is 24.3 Å². The molecule has 0 aliphatic carbocycles. The van der Waals surface area contributed by atoms with Crippen LogP contribution in [0.1, 0.15) is 0 Å². The van der Waals surface area contributed by atoms with E-state index in [-0.39, 0.29) is 0 Å². The van der Waals surface area contributed by atoms with Crippen LogP contribution in [0.3, 0.4) is 0 Å². The van der Waals surface area contributed by atoms with E-state index in [1.807, 2.05) is 24.3 Å². The van der Waals surface area contributed by atoms with E-state index in [1.54, 1.807) is 7.11 Å². The zero-order valence-electron chi connectivity index (χ0n) is 8.42. The molecular weight excluding hydrogens is 176 g/mol. The molecule has 0 saturated carbocycles. The van der Waals surface area contributed by atoms with Gasteiger partial charge >= 0.3 is 0 Å². The van der Waals surface area contributed by atoms with Gasteiger partial charge in [-0.1, -0.05) is 0 Å². The minimum absolute atomic E-state index is 0.789. The van der Waals surface area contributed by atoms with Crippen LogP contribution in [-0.4, -0.2) is 26.7 Å². The Bertz CT molecular complexity index is 280. The summed E-state index contributed by atoms with van der Waals surface area (Å²) < 4.78 is 5.09. The normalized spacial score (nSPS) is 16.1. The number of methoxy groups -OCH3 is 1. The van der Waals surface area contributed by atoms with Gasteiger partial charge in [0.05, 0.1) is 7.11 Å². The number of nitrogens with one attached hydrogen (secondary N) is 2. The van der Waals surface area contributed by atoms with Crippen LogP contribution in [-0.2, 0) is 0 Å². The van der Waals surface area contributed by atoms with Crippen molar-refractivity contribution in [1.82, 2.24) is 5.32 Å². The average Bonchev–Trinajstić information content (AvgIpc) is 2.16. The second-order valence-corrected chi connectivity index (χ2v) is 3.63. The lowest BCUT2D eigenvalue weighted by Gasteiger charge is -2.27. The van der Waals surface area contributed by atoms with Gasteiger partial charge in [-0.15, -0.1) is 0 Å². The molecule has 0 atom stereocenters. The summed E-state index contributed by atoms with van der Waals surface area (Å²) in [6, 6.07) is 8.04. The maximum absolute atomic E-state index is 5.09. The first-order chi connectivity index (χ1) is 6.88. The van der Waals surface area contributed by atoms with E-state index in [4.69, 9.17) is 4.74 Å². The van der Waals surface area contributed by atoms with E-state index < -0.39 is 0 Å². The lowest BCUT2D eigenvalue weighted by Crippen LogP contribution is -2.45. The highest BCUT2D eigenvalue weighted by atomic mass is 16.5. The Morgan fingerprint density at radius 3 is 2.57 bits per heavy atom. The van der Waals surface area contributed by atoms with Crippen molar-refractivity contribution in [3.8, 4) is 5.75 Å². The Hall–Kier alpha value is -1.22. The van der Waals surface area contributed by atoms with Crippen LogP contribution >= 0.6 is 0 Å². The summed E-state index contributed by atoms with van der Waals surface area (Å²) >= 11 is 0. The van der Waals surface area contributed by atoms with Gasteiger partial charge in [0, 0.05) is 31.2 Å². The molecule has 1 aliphatic rings. The second kappa shape index (κ2) is 4.33. The Morgan fingerprint density at radius 2 is 2.07 bits per heavy atom. The molecule has 1 fully saturated rings. The first-order valence-electron chi connectivity index (χ1n) is 4.97. The molecule has 1 aliphatic heterocycles. The minimum atomic E-state index is 0.789. The Morgan fingerprint density at radius 1 is 1.36 bits per heavy atom. The van der Waals surface area contributed by atoms with Crippen molar-refractivity contribution < 1.29 is 4.74 Å². The van der Waals surface area contributed by atoms with Crippen LogP contribution < -0.4 is 15.4 Å². The molecule has 2 N–H and O–H groups in total. The van der Waals surface area contributed by atoms with Gasteiger partial charge in [-0.2, -0.15) is 0 Å². The third-order valence-corrected chi connectivity index (χ3v) is 2.55. The number of benzene rings is 1. The highest BCUT2D eigenvalue weighted by Crippen LogP contribution is 2.15. The van der Waals surface area contributed by atoms with Crippen LogP contribution in [0.15, 0.2) is 24.3 Å². The quantitative estimate of drug-likeness (QED) is 0.755. The summed E-state index contributed by atoms with van der Waals surface area (Å²) in [5, 5.41) is 6.66. The lowest BCUT2D eigenvalue weighted by molar-refractivity contribution is 0.365. The fraction of sp³-hybridized carbons (Fsp3) is 0.455. The van der Waals surface area contributed by atoms with Crippen molar-refractivity contribution in [3.63, 3.8) is 0 Å². The summed E-state index contributed by atoms with van der Waals surface area (Å²) in [6.07, 6.45) is 0. The molecule has 1 aromatic rings. The highest BCUT2D eigenvalue weighted by molar-refractivity contribution is 5.46. The van der Waals surface area contributed by atoms with E-state index >= 15 is 0 Å². The first kappa shape index (κ1) is 9.34. The van der Waals surface area contributed by atoms with Gasteiger partial charge in [-0.3, -0.25) is 0 Å². The molecule has 1 saturated heterocycles. The summed E-state index contributed by atoms with van der Waals surface area (Å²) in [5.74, 6) is 1.69. The van der Waals surface area contributed by atoms with Crippen molar-refractivity contribution >= 4 is 5.69 Å². The van der Waals surface area contributed by atoms with E-state index in [2.05, 4.69) is 10.6 Å². The van der Waals surface area contributed by atoms with Gasteiger partial charge in [0.15, 0.2) is 0 Å². The van der Waals surface area contributed by atoms with Gasteiger partial charge in [0.25, 0.3) is 0 Å². The van der Waals surface area contributed by atoms with Crippen LogP contribution in [0, 0.1) is 5.92 Å². The highest BCUT2D eigenvalue weighted by Gasteiger charge is 2.15. The monoisotopic (exact) mass is 192 g/mol. The van der Waals surface area contributed by atoms with Gasteiger partial charge in [0.1, 0.15) is 5.75 Å². The first-order valence-corrected chi connectivity index (χ1v) is 4.97. The zero-order chi connectivity index (χ0) is 9.80. The maximum Gasteiger partial charge on any atom is 0.119 e. The molecule has 0 aromatic heterocycles. The van der Waals surface area contributed by atoms with Crippen molar-refractivity contribution in [2.75, 3.05) is 32.1 Å². The topological polar surface area (TPSA) is 33.3 Å². The molecule has 14 heavy (non-hydrogen) atoms. The third kappa shape index (κ3) is 2.17. The molecule has 1 aromatic carbocycles. The molecule has 76 valence electrons. The number of rotatable bonds is 4. The van der Waals surface area contributed by atoms with Crippen molar-refractivity contribution in [1.29, 1.82) is 0 Å². The molecule has 3 heteroatoms. The average molecular weight is 192 g/mol. The van der Waals surface area contributed by atoms with Gasteiger partial charge in [-0.05, 0) is 24.3 Å². The summed E-state index contributed by atoms with van der Waals surface area (Å²) in [7, 11) is 1.68. The molecule has 0 amide bonds. The maximum atomic E-state index is 5.09. The van der Waals surface area contributed by atoms with E-state index in [1.165, 1.54) is 0 Å². The number of hydrogen-bond acceptors (Lipinski definition) is 3. The Labute approximate surface area is 84.5 Å². The summed E-state index contributed by atoms with van der Waals surface area (Å²) in [6.45, 7) is 3.34. The van der Waals surface area contributed by atoms with Gasteiger partial charge in [-0.25, -0.2) is 0 Å². The molecule has 0 bridgehead atoms. The largest absolute Gasteiger partial charge is 0.497 e. The molecule has 0 spiro atoms. The predicted molar refractivity (Wildman–Crippen MR) is 57.8 cm³/mol. The lowest BCUT2D eigenvalue weighted by atomic mass is 10.0. The van der Waals surface area contributed by atoms with Crippen LogP contribution in [0.5, 0.6) is 5.75 Å². The van der Waals surface area contributed by atoms with Crippen LogP contribution in [0.4, 0.5) is 5.69 Å². The summed E-state index contributed by atoms with van der Waals surface area (Å²) in [4.78, 5) is 0. The molecule has 0 unspecified atom stereocenters. The Balaban J connectivity index is 1.83. The molecule has 0 radical (unpaired) electrons. The number of hydrogen-bond donors (Lipinski definition) is 2. The molecular formula is C11H16N2O. The van der Waals surface area contributed by atoms with Crippen molar-refractivity contribution in [2.45, 2.75) is 0 Å². The van der Waals surface area contributed by atoms with Crippen molar-refractivity contribution in [2.24, 2.45) is 5.92 Å². The minimum Gasteiger partial charge on any atom is -0.497 e. The predicted octanol–water partition coefficient (Wildman–Crippen LogP) is 1.33. The molecule has 3 nitrogen and oxygen atoms in total. The van der Waals surface area contributed by atoms with Crippen LogP contribution in [0.25, 0.3) is 0 Å². The van der Waals surface area contributed by atoms with Gasteiger partial charge in [0.2, 0.25) is 0 Å². The van der Waals surface area contributed by atoms with E-state index in [0.29, 0.717) is 0 Å². The SMILES string of the molecule is COc1ccc(NCC2CNC2)cc1. The Kier molecular flexibility index (Phi) is 2.89. The number of ether oxygens (including phenoxy) is 1. The fourth-order valence-corrected chi connectivity index (χ4v) is 1.46. The molecule has 1 heterocycles. The van der Waals surface area contributed by atoms with E-state index in [9.17, 15) is 0 Å². The van der Waals surface area contributed by atoms with E-state index in [0.717, 1.165) is 37.0 Å². The molecule has 2 rings (SSSR count).